The first-order chi connectivity index (χ1) is 11.2. The maximum absolute atomic E-state index is 12.5. The van der Waals surface area contributed by atoms with Crippen molar-refractivity contribution in [3.05, 3.63) is 29.8 Å². The quantitative estimate of drug-likeness (QED) is 0.757. The molecule has 1 aliphatic heterocycles. The van der Waals surface area contributed by atoms with Crippen molar-refractivity contribution in [1.29, 1.82) is 0 Å². The van der Waals surface area contributed by atoms with E-state index in [1.165, 1.54) is 24.3 Å². The van der Waals surface area contributed by atoms with E-state index in [4.69, 9.17) is 10.7 Å². The zero-order valence-electron chi connectivity index (χ0n) is 13.7. The normalized spacial score (nSPS) is 15.7. The Bertz CT molecular complexity index is 708. The third-order valence-electron chi connectivity index (χ3n) is 3.89. The molecule has 8 heteroatoms. The van der Waals surface area contributed by atoms with Gasteiger partial charge < -0.3 is 9.80 Å². The van der Waals surface area contributed by atoms with Crippen LogP contribution in [0.25, 0.3) is 0 Å². The van der Waals surface area contributed by atoms with Crippen molar-refractivity contribution in [3.8, 4) is 0 Å². The van der Waals surface area contributed by atoms with E-state index >= 15 is 0 Å². The van der Waals surface area contributed by atoms with E-state index < -0.39 is 9.05 Å². The first-order valence-corrected chi connectivity index (χ1v) is 10.1. The van der Waals surface area contributed by atoms with Crippen LogP contribution in [0, 0.1) is 5.92 Å². The van der Waals surface area contributed by atoms with E-state index in [1.807, 2.05) is 13.8 Å². The van der Waals surface area contributed by atoms with Gasteiger partial charge in [0.05, 0.1) is 4.90 Å². The van der Waals surface area contributed by atoms with Gasteiger partial charge in [-0.2, -0.15) is 0 Å². The lowest BCUT2D eigenvalue weighted by molar-refractivity contribution is -0.133. The minimum atomic E-state index is -3.79. The Labute approximate surface area is 146 Å². The number of amides is 2. The number of carbonyl (C=O) groups is 2. The molecule has 0 aromatic heterocycles. The third-order valence-corrected chi connectivity index (χ3v) is 5.26. The molecule has 0 aliphatic carbocycles. The lowest BCUT2D eigenvalue weighted by Crippen LogP contribution is -2.50. The molecule has 2 rings (SSSR count). The third kappa shape index (κ3) is 4.70. The van der Waals surface area contributed by atoms with E-state index in [0.717, 1.165) is 0 Å². The summed E-state index contributed by atoms with van der Waals surface area (Å²) >= 11 is 0. The fourth-order valence-electron chi connectivity index (χ4n) is 2.58. The average molecular weight is 373 g/mol. The summed E-state index contributed by atoms with van der Waals surface area (Å²) in [6, 6.07) is 5.54. The Morgan fingerprint density at radius 3 is 2.00 bits per heavy atom. The van der Waals surface area contributed by atoms with Crippen molar-refractivity contribution in [1.82, 2.24) is 9.80 Å². The van der Waals surface area contributed by atoms with Crippen LogP contribution in [-0.2, 0) is 13.8 Å². The summed E-state index contributed by atoms with van der Waals surface area (Å²) in [5, 5.41) is 0. The molecule has 132 valence electrons. The first kappa shape index (κ1) is 18.7. The number of piperazine rings is 1. The standard InChI is InChI=1S/C16H21ClN2O4S/c1-12(2)11-15(20)18-7-9-19(10-8-18)16(21)13-3-5-14(6-4-13)24(17,22)23/h3-6,12H,7-11H2,1-2H3. The molecular weight excluding hydrogens is 352 g/mol. The van der Waals surface area contributed by atoms with Crippen LogP contribution in [-0.4, -0.2) is 56.2 Å². The SMILES string of the molecule is CC(C)CC(=O)N1CCN(C(=O)c2ccc(S(=O)(=O)Cl)cc2)CC1. The first-order valence-electron chi connectivity index (χ1n) is 7.80. The molecule has 1 heterocycles. The Morgan fingerprint density at radius 1 is 1.04 bits per heavy atom. The number of benzene rings is 1. The van der Waals surface area contributed by atoms with Gasteiger partial charge in [-0.25, -0.2) is 8.42 Å². The number of carbonyl (C=O) groups excluding carboxylic acids is 2. The summed E-state index contributed by atoms with van der Waals surface area (Å²) < 4.78 is 22.4. The van der Waals surface area contributed by atoms with Crippen molar-refractivity contribution in [3.63, 3.8) is 0 Å². The van der Waals surface area contributed by atoms with Gasteiger partial charge in [-0.15, -0.1) is 0 Å². The van der Waals surface area contributed by atoms with Crippen LogP contribution < -0.4 is 0 Å². The molecule has 0 spiro atoms. The summed E-state index contributed by atoms with van der Waals surface area (Å²) in [6.45, 7) is 5.98. The van der Waals surface area contributed by atoms with Gasteiger partial charge in [-0.05, 0) is 30.2 Å². The van der Waals surface area contributed by atoms with E-state index in [2.05, 4.69) is 0 Å². The van der Waals surface area contributed by atoms with Crippen LogP contribution in [0.15, 0.2) is 29.2 Å². The minimum absolute atomic E-state index is 0.0372. The summed E-state index contributed by atoms with van der Waals surface area (Å²) in [6.07, 6.45) is 0.516. The van der Waals surface area contributed by atoms with Gasteiger partial charge in [0.25, 0.3) is 15.0 Å². The second kappa shape index (κ2) is 7.53. The van der Waals surface area contributed by atoms with Crippen LogP contribution >= 0.6 is 10.7 Å². The van der Waals surface area contributed by atoms with Gasteiger partial charge in [-0.3, -0.25) is 9.59 Å². The van der Waals surface area contributed by atoms with Crippen LogP contribution in [0.1, 0.15) is 30.6 Å². The zero-order chi connectivity index (χ0) is 17.9. The number of hydrogen-bond acceptors (Lipinski definition) is 4. The predicted octanol–water partition coefficient (Wildman–Crippen LogP) is 1.94. The van der Waals surface area contributed by atoms with Crippen molar-refractivity contribution in [2.75, 3.05) is 26.2 Å². The van der Waals surface area contributed by atoms with E-state index in [9.17, 15) is 18.0 Å². The highest BCUT2D eigenvalue weighted by Crippen LogP contribution is 2.17. The van der Waals surface area contributed by atoms with Crippen LogP contribution in [0.3, 0.4) is 0 Å². The van der Waals surface area contributed by atoms with Crippen molar-refractivity contribution in [2.24, 2.45) is 5.92 Å². The molecule has 0 atom stereocenters. The second-order valence-corrected chi connectivity index (χ2v) is 8.80. The largest absolute Gasteiger partial charge is 0.339 e. The number of nitrogens with zero attached hydrogens (tertiary/aromatic N) is 2. The molecular formula is C16H21ClN2O4S. The molecule has 1 fully saturated rings. The molecule has 6 nitrogen and oxygen atoms in total. The Morgan fingerprint density at radius 2 is 1.54 bits per heavy atom. The van der Waals surface area contributed by atoms with Crippen LogP contribution in [0.4, 0.5) is 0 Å². The molecule has 1 saturated heterocycles. The monoisotopic (exact) mass is 372 g/mol. The fourth-order valence-corrected chi connectivity index (χ4v) is 3.35. The van der Waals surface area contributed by atoms with Gasteiger partial charge in [-0.1, -0.05) is 13.8 Å². The van der Waals surface area contributed by atoms with E-state index in [1.54, 1.807) is 9.80 Å². The van der Waals surface area contributed by atoms with Crippen molar-refractivity contribution in [2.45, 2.75) is 25.2 Å². The second-order valence-electron chi connectivity index (χ2n) is 6.23. The topological polar surface area (TPSA) is 74.8 Å². The average Bonchev–Trinajstić information content (AvgIpc) is 2.53. The molecule has 0 unspecified atom stereocenters. The van der Waals surface area contributed by atoms with Gasteiger partial charge in [0.2, 0.25) is 5.91 Å². The molecule has 0 bridgehead atoms. The minimum Gasteiger partial charge on any atom is -0.339 e. The van der Waals surface area contributed by atoms with Gasteiger partial charge >= 0.3 is 0 Å². The summed E-state index contributed by atoms with van der Waals surface area (Å²) in [5.41, 5.74) is 0.404. The lowest BCUT2D eigenvalue weighted by Gasteiger charge is -2.35. The van der Waals surface area contributed by atoms with Gasteiger partial charge in [0.1, 0.15) is 0 Å². The highest BCUT2D eigenvalue weighted by molar-refractivity contribution is 8.13. The lowest BCUT2D eigenvalue weighted by atomic mass is 10.1. The van der Waals surface area contributed by atoms with Crippen molar-refractivity contribution < 1.29 is 18.0 Å². The molecule has 0 radical (unpaired) electrons. The van der Waals surface area contributed by atoms with E-state index in [-0.39, 0.29) is 16.7 Å². The highest BCUT2D eigenvalue weighted by Gasteiger charge is 2.25. The molecule has 24 heavy (non-hydrogen) atoms. The van der Waals surface area contributed by atoms with Gasteiger partial charge in [0.15, 0.2) is 0 Å². The highest BCUT2D eigenvalue weighted by atomic mass is 35.7. The summed E-state index contributed by atoms with van der Waals surface area (Å²) in [7, 11) is 1.47. The predicted molar refractivity (Wildman–Crippen MR) is 91.4 cm³/mol. The number of rotatable bonds is 4. The Balaban J connectivity index is 1.97. The van der Waals surface area contributed by atoms with E-state index in [0.29, 0.717) is 44.1 Å². The maximum Gasteiger partial charge on any atom is 0.261 e. The molecule has 1 aliphatic rings. The summed E-state index contributed by atoms with van der Waals surface area (Å²) in [4.78, 5) is 27.9. The van der Waals surface area contributed by atoms with Crippen molar-refractivity contribution >= 4 is 31.5 Å². The van der Waals surface area contributed by atoms with Gasteiger partial charge in [0, 0.05) is 48.8 Å². The Kier molecular flexibility index (Phi) is 5.87. The smallest absolute Gasteiger partial charge is 0.261 e. The zero-order valence-corrected chi connectivity index (χ0v) is 15.3. The molecule has 0 N–H and O–H groups in total. The molecule has 2 amide bonds. The number of halogens is 1. The molecule has 1 aromatic carbocycles. The Hall–Kier alpha value is -1.60. The number of hydrogen-bond donors (Lipinski definition) is 0. The fraction of sp³-hybridized carbons (Fsp3) is 0.500. The summed E-state index contributed by atoms with van der Waals surface area (Å²) in [5.74, 6) is 0.257. The molecule has 1 aromatic rings. The molecule has 0 saturated carbocycles. The van der Waals surface area contributed by atoms with Crippen LogP contribution in [0.2, 0.25) is 0 Å². The maximum atomic E-state index is 12.5. The van der Waals surface area contributed by atoms with Crippen LogP contribution in [0.5, 0.6) is 0 Å².